The molecule has 0 aliphatic heterocycles. The Labute approximate surface area is 212 Å². The number of amides is 1. The second kappa shape index (κ2) is 11.1. The molecule has 0 unspecified atom stereocenters. The lowest BCUT2D eigenvalue weighted by Gasteiger charge is -2.39. The second-order valence-corrected chi connectivity index (χ2v) is 16.4. The maximum atomic E-state index is 11.4. The van der Waals surface area contributed by atoms with Crippen LogP contribution >= 0.6 is 22.9 Å². The van der Waals surface area contributed by atoms with Crippen LogP contribution < -0.4 is 10.5 Å². The Morgan fingerprint density at radius 3 is 2.65 bits per heavy atom. The summed E-state index contributed by atoms with van der Waals surface area (Å²) in [5.74, 6) is 0.311. The van der Waals surface area contributed by atoms with E-state index in [1.54, 1.807) is 23.9 Å². The lowest BCUT2D eigenvalue weighted by Crippen LogP contribution is -2.45. The average Bonchev–Trinajstić information content (AvgIpc) is 3.39. The molecular formula is C25H34ClN3O3SSi. The normalized spacial score (nSPS) is 13.1. The average molecular weight is 520 g/mol. The molecular weight excluding hydrogens is 486 g/mol. The van der Waals surface area contributed by atoms with Crippen LogP contribution in [0.1, 0.15) is 44.1 Å². The van der Waals surface area contributed by atoms with E-state index in [4.69, 9.17) is 26.5 Å². The van der Waals surface area contributed by atoms with Crippen LogP contribution in [0.25, 0.3) is 10.4 Å². The van der Waals surface area contributed by atoms with Crippen molar-refractivity contribution in [3.05, 3.63) is 59.0 Å². The van der Waals surface area contributed by atoms with Crippen molar-refractivity contribution in [1.29, 1.82) is 0 Å². The van der Waals surface area contributed by atoms with Gasteiger partial charge in [-0.3, -0.25) is 4.79 Å². The number of carbonyl (C=O) groups is 1. The standard InChI is InChI=1S/C25H34ClN3O3SSi/c1-25(2,3)34(4,5)32-20(15-29-16-21(24(27)30)28-17-29)10-7-13-31-19-9-6-8-18(14-19)22-11-12-23(26)33-22/h6,8-9,11-12,14,16-17,20H,7,10,13,15H2,1-5H3,(H2,27,30)/t20-/m0/s1. The van der Waals surface area contributed by atoms with Crippen molar-refractivity contribution in [1.82, 2.24) is 9.55 Å². The summed E-state index contributed by atoms with van der Waals surface area (Å²) in [7, 11) is -1.98. The molecule has 0 spiro atoms. The Bertz CT molecular complexity index is 1110. The number of ether oxygens (including phenoxy) is 1. The molecule has 0 aliphatic rings. The molecule has 3 rings (SSSR count). The number of nitrogens with two attached hydrogens (primary N) is 1. The van der Waals surface area contributed by atoms with Crippen LogP contribution in [-0.4, -0.2) is 36.5 Å². The number of carbonyl (C=O) groups excluding carboxylic acids is 1. The van der Waals surface area contributed by atoms with Crippen molar-refractivity contribution in [2.75, 3.05) is 6.61 Å². The van der Waals surface area contributed by atoms with Gasteiger partial charge in [0.05, 0.1) is 23.4 Å². The first kappa shape index (κ1) is 26.5. The SMILES string of the molecule is CC(C)(C)[Si](C)(C)O[C@@H](CCCOc1cccc(-c2ccc(Cl)s2)c1)Cn1cnc(C(N)=O)c1. The number of halogens is 1. The number of hydrogen-bond donors (Lipinski definition) is 1. The molecule has 0 fully saturated rings. The van der Waals surface area contributed by atoms with Crippen molar-refractivity contribution in [3.8, 4) is 16.2 Å². The van der Waals surface area contributed by atoms with Crippen LogP contribution in [0.5, 0.6) is 5.75 Å². The molecule has 6 nitrogen and oxygen atoms in total. The highest BCUT2D eigenvalue weighted by Gasteiger charge is 2.39. The van der Waals surface area contributed by atoms with E-state index >= 15 is 0 Å². The van der Waals surface area contributed by atoms with Crippen molar-refractivity contribution in [3.63, 3.8) is 0 Å². The highest BCUT2D eigenvalue weighted by atomic mass is 35.5. The van der Waals surface area contributed by atoms with E-state index in [-0.39, 0.29) is 16.8 Å². The zero-order valence-electron chi connectivity index (χ0n) is 20.5. The molecule has 0 aliphatic carbocycles. The predicted octanol–water partition coefficient (Wildman–Crippen LogP) is 6.61. The van der Waals surface area contributed by atoms with Crippen molar-refractivity contribution >= 4 is 37.2 Å². The molecule has 2 N–H and O–H groups in total. The van der Waals surface area contributed by atoms with Crippen LogP contribution in [0.2, 0.25) is 22.5 Å². The molecule has 9 heteroatoms. The molecule has 0 radical (unpaired) electrons. The molecule has 2 heterocycles. The van der Waals surface area contributed by atoms with Crippen LogP contribution in [0.15, 0.2) is 48.9 Å². The lowest BCUT2D eigenvalue weighted by atomic mass is 10.2. The van der Waals surface area contributed by atoms with Gasteiger partial charge >= 0.3 is 0 Å². The number of thiophene rings is 1. The van der Waals surface area contributed by atoms with Crippen LogP contribution in [-0.2, 0) is 11.0 Å². The molecule has 2 aromatic heterocycles. The third-order valence-electron chi connectivity index (χ3n) is 6.20. The Hall–Kier alpha value is -2.13. The summed E-state index contributed by atoms with van der Waals surface area (Å²) in [6, 6.07) is 12.0. The fourth-order valence-corrected chi connectivity index (χ4v) is 5.73. The van der Waals surface area contributed by atoms with E-state index in [2.05, 4.69) is 44.9 Å². The molecule has 3 aromatic rings. The first-order chi connectivity index (χ1) is 15.9. The monoisotopic (exact) mass is 519 g/mol. The third-order valence-corrected chi connectivity index (χ3v) is 12.0. The Kier molecular flexibility index (Phi) is 8.62. The molecule has 184 valence electrons. The van der Waals surface area contributed by atoms with E-state index in [1.807, 2.05) is 34.9 Å². The number of nitrogens with zero attached hydrogens (tertiary/aromatic N) is 2. The predicted molar refractivity (Wildman–Crippen MR) is 142 cm³/mol. The van der Waals surface area contributed by atoms with E-state index < -0.39 is 14.2 Å². The van der Waals surface area contributed by atoms with Gasteiger partial charge in [0.2, 0.25) is 0 Å². The molecule has 1 aromatic carbocycles. The quantitative estimate of drug-likeness (QED) is 0.228. The second-order valence-electron chi connectivity index (χ2n) is 9.94. The summed E-state index contributed by atoms with van der Waals surface area (Å²) < 4.78 is 15.4. The van der Waals surface area contributed by atoms with E-state index in [0.717, 1.165) is 33.4 Å². The number of imidazole rings is 1. The maximum absolute atomic E-state index is 11.4. The smallest absolute Gasteiger partial charge is 0.268 e. The number of rotatable bonds is 11. The summed E-state index contributed by atoms with van der Waals surface area (Å²) in [5.41, 5.74) is 6.72. The molecule has 1 amide bonds. The summed E-state index contributed by atoms with van der Waals surface area (Å²) >= 11 is 7.63. The van der Waals surface area contributed by atoms with Gasteiger partial charge in [0, 0.05) is 17.6 Å². The number of benzene rings is 1. The van der Waals surface area contributed by atoms with Crippen LogP contribution in [0.4, 0.5) is 0 Å². The molecule has 0 saturated heterocycles. The highest BCUT2D eigenvalue weighted by Crippen LogP contribution is 2.38. The van der Waals surface area contributed by atoms with Crippen LogP contribution in [0.3, 0.4) is 0 Å². The van der Waals surface area contributed by atoms with Gasteiger partial charge < -0.3 is 19.5 Å². The van der Waals surface area contributed by atoms with Gasteiger partial charge in [-0.1, -0.05) is 44.5 Å². The third kappa shape index (κ3) is 7.18. The number of aromatic nitrogens is 2. The minimum absolute atomic E-state index is 0.0148. The van der Waals surface area contributed by atoms with Gasteiger partial charge in [-0.05, 0) is 60.8 Å². The lowest BCUT2D eigenvalue weighted by molar-refractivity contribution is 0.0995. The van der Waals surface area contributed by atoms with Gasteiger partial charge in [0.15, 0.2) is 8.32 Å². The van der Waals surface area contributed by atoms with E-state index in [0.29, 0.717) is 13.2 Å². The zero-order chi connectivity index (χ0) is 24.9. The number of primary amides is 1. The minimum Gasteiger partial charge on any atom is -0.494 e. The molecule has 0 bridgehead atoms. The van der Waals surface area contributed by atoms with E-state index in [1.165, 1.54) is 0 Å². The van der Waals surface area contributed by atoms with Crippen LogP contribution in [0, 0.1) is 0 Å². The number of hydrogen-bond acceptors (Lipinski definition) is 5. The Morgan fingerprint density at radius 1 is 1.26 bits per heavy atom. The topological polar surface area (TPSA) is 79.4 Å². The van der Waals surface area contributed by atoms with Crippen molar-refractivity contribution in [2.45, 2.75) is 64.4 Å². The molecule has 0 saturated carbocycles. The summed E-state index contributed by atoms with van der Waals surface area (Å²) in [5, 5.41) is 0.0974. The first-order valence-electron chi connectivity index (χ1n) is 11.4. The Balaban J connectivity index is 1.61. The van der Waals surface area contributed by atoms with Crippen molar-refractivity contribution in [2.24, 2.45) is 5.73 Å². The molecule has 1 atom stereocenters. The van der Waals surface area contributed by atoms with Crippen molar-refractivity contribution < 1.29 is 14.0 Å². The fourth-order valence-electron chi connectivity index (χ4n) is 3.31. The minimum atomic E-state index is -1.98. The summed E-state index contributed by atoms with van der Waals surface area (Å²) in [6.45, 7) is 12.4. The zero-order valence-corrected chi connectivity index (χ0v) is 23.1. The van der Waals surface area contributed by atoms with E-state index in [9.17, 15) is 4.79 Å². The maximum Gasteiger partial charge on any atom is 0.268 e. The van der Waals surface area contributed by atoms with Gasteiger partial charge in [-0.25, -0.2) is 4.98 Å². The van der Waals surface area contributed by atoms with Gasteiger partial charge in [0.25, 0.3) is 5.91 Å². The molecule has 34 heavy (non-hydrogen) atoms. The summed E-state index contributed by atoms with van der Waals surface area (Å²) in [6.07, 6.45) is 4.98. The largest absolute Gasteiger partial charge is 0.494 e. The summed E-state index contributed by atoms with van der Waals surface area (Å²) in [4.78, 5) is 16.6. The highest BCUT2D eigenvalue weighted by molar-refractivity contribution is 7.19. The van der Waals surface area contributed by atoms with Gasteiger partial charge in [0.1, 0.15) is 11.4 Å². The Morgan fingerprint density at radius 2 is 2.03 bits per heavy atom. The fraction of sp³-hybridized carbons (Fsp3) is 0.440. The van der Waals surface area contributed by atoms with Gasteiger partial charge in [-0.2, -0.15) is 0 Å². The first-order valence-corrected chi connectivity index (χ1v) is 15.5. The van der Waals surface area contributed by atoms with Gasteiger partial charge in [-0.15, -0.1) is 11.3 Å².